The van der Waals surface area contributed by atoms with E-state index in [0.29, 0.717) is 36.7 Å². The number of carbonyl (C=O) groups is 1. The zero-order valence-corrected chi connectivity index (χ0v) is 18.0. The van der Waals surface area contributed by atoms with E-state index in [1.807, 2.05) is 4.90 Å². The highest BCUT2D eigenvalue weighted by atomic mass is 19.4. The highest BCUT2D eigenvalue weighted by Crippen LogP contribution is 2.36. The van der Waals surface area contributed by atoms with E-state index in [1.165, 1.54) is 6.07 Å². The van der Waals surface area contributed by atoms with Crippen LogP contribution in [-0.2, 0) is 17.5 Å². The van der Waals surface area contributed by atoms with Crippen molar-refractivity contribution in [3.63, 3.8) is 0 Å². The number of anilines is 2. The molecule has 0 N–H and O–H groups in total. The summed E-state index contributed by atoms with van der Waals surface area (Å²) < 4.78 is 86.7. The lowest BCUT2D eigenvalue weighted by Gasteiger charge is -2.39. The highest BCUT2D eigenvalue weighted by Gasteiger charge is 2.48. The summed E-state index contributed by atoms with van der Waals surface area (Å²) in [6.07, 6.45) is -8.61. The number of carbonyl (C=O) groups excluding carboxylic acids is 1. The standard InChI is InChI=1S/C21H19F6N5O3/c22-20(23,24)15-2-1-11(7-28-15)14(33)9-32-16(21(25,26)27)3-4-30-18(34)6-17(29-19(30)32)31-8-13-5-12(31)10-35-13/h1-2,6-7,12-13,16H,3-5,8-10H2/t12-,13-,16-/m0/s1. The third-order valence-electron chi connectivity index (χ3n) is 6.50. The molecule has 0 aliphatic carbocycles. The van der Waals surface area contributed by atoms with E-state index in [9.17, 15) is 35.9 Å². The summed E-state index contributed by atoms with van der Waals surface area (Å²) >= 11 is 0. The number of halogens is 6. The van der Waals surface area contributed by atoms with Crippen molar-refractivity contribution in [3.05, 3.63) is 46.0 Å². The number of hydrogen-bond donors (Lipinski definition) is 0. The highest BCUT2D eigenvalue weighted by molar-refractivity contribution is 5.99. The molecule has 2 aromatic rings. The molecule has 5 rings (SSSR count). The maximum Gasteiger partial charge on any atom is 0.433 e. The van der Waals surface area contributed by atoms with Gasteiger partial charge in [-0.15, -0.1) is 0 Å². The lowest BCUT2D eigenvalue weighted by atomic mass is 10.1. The Balaban J connectivity index is 1.49. The number of hydrogen-bond acceptors (Lipinski definition) is 7. The number of Topliss-reactive ketones (excluding diaryl/α,β-unsaturated/α-hetero) is 1. The summed E-state index contributed by atoms with van der Waals surface area (Å²) in [6, 6.07) is 0.560. The molecule has 14 heteroatoms. The van der Waals surface area contributed by atoms with Gasteiger partial charge in [0.15, 0.2) is 5.78 Å². The number of alkyl halides is 6. The van der Waals surface area contributed by atoms with Gasteiger partial charge in [-0.3, -0.25) is 19.1 Å². The van der Waals surface area contributed by atoms with Crippen molar-refractivity contribution in [1.29, 1.82) is 0 Å². The van der Waals surface area contributed by atoms with Crippen molar-refractivity contribution < 1.29 is 35.9 Å². The molecule has 0 aromatic carbocycles. The van der Waals surface area contributed by atoms with Gasteiger partial charge in [-0.2, -0.15) is 31.3 Å². The Morgan fingerprint density at radius 2 is 1.94 bits per heavy atom. The number of nitrogens with zero attached hydrogens (tertiary/aromatic N) is 5. The average Bonchev–Trinajstić information content (AvgIpc) is 3.42. The molecule has 3 aliphatic heterocycles. The second-order valence-electron chi connectivity index (χ2n) is 8.73. The third-order valence-corrected chi connectivity index (χ3v) is 6.50. The van der Waals surface area contributed by atoms with E-state index in [-0.39, 0.29) is 36.0 Å². The number of aromatic nitrogens is 3. The van der Waals surface area contributed by atoms with Crippen molar-refractivity contribution in [2.75, 3.05) is 29.5 Å². The van der Waals surface area contributed by atoms with Crippen LogP contribution in [0.2, 0.25) is 0 Å². The number of rotatable bonds is 4. The predicted molar refractivity (Wildman–Crippen MR) is 109 cm³/mol. The molecule has 0 amide bonds. The van der Waals surface area contributed by atoms with Gasteiger partial charge in [-0.05, 0) is 25.0 Å². The van der Waals surface area contributed by atoms with Crippen molar-refractivity contribution in [3.8, 4) is 0 Å². The van der Waals surface area contributed by atoms with Gasteiger partial charge in [-0.25, -0.2) is 0 Å². The van der Waals surface area contributed by atoms with Crippen LogP contribution in [0, 0.1) is 0 Å². The van der Waals surface area contributed by atoms with Crippen LogP contribution >= 0.6 is 0 Å². The largest absolute Gasteiger partial charge is 0.433 e. The Morgan fingerprint density at radius 1 is 1.17 bits per heavy atom. The number of ether oxygens (including phenoxy) is 1. The van der Waals surface area contributed by atoms with E-state index in [4.69, 9.17) is 4.74 Å². The van der Waals surface area contributed by atoms with Crippen LogP contribution in [0.15, 0.2) is 29.2 Å². The summed E-state index contributed by atoms with van der Waals surface area (Å²) in [7, 11) is 0. The Morgan fingerprint density at radius 3 is 2.51 bits per heavy atom. The molecule has 0 radical (unpaired) electrons. The van der Waals surface area contributed by atoms with Gasteiger partial charge in [0.05, 0.1) is 25.3 Å². The van der Waals surface area contributed by atoms with Crippen LogP contribution in [0.1, 0.15) is 28.9 Å². The summed E-state index contributed by atoms with van der Waals surface area (Å²) in [4.78, 5) is 35.7. The molecular weight excluding hydrogens is 484 g/mol. The average molecular weight is 503 g/mol. The summed E-state index contributed by atoms with van der Waals surface area (Å²) in [5, 5.41) is 0. The van der Waals surface area contributed by atoms with Crippen LogP contribution < -0.4 is 15.4 Å². The van der Waals surface area contributed by atoms with E-state index in [1.54, 1.807) is 0 Å². The van der Waals surface area contributed by atoms with Crippen LogP contribution in [0.3, 0.4) is 0 Å². The first kappa shape index (κ1) is 23.6. The number of morpholine rings is 1. The number of ketones is 1. The number of pyridine rings is 1. The van der Waals surface area contributed by atoms with E-state index >= 15 is 0 Å². The molecule has 35 heavy (non-hydrogen) atoms. The second-order valence-corrected chi connectivity index (χ2v) is 8.73. The zero-order valence-electron chi connectivity index (χ0n) is 18.0. The minimum atomic E-state index is -4.74. The van der Waals surface area contributed by atoms with Crippen molar-refractivity contribution >= 4 is 17.5 Å². The first-order valence-electron chi connectivity index (χ1n) is 10.8. The van der Waals surface area contributed by atoms with Crippen molar-refractivity contribution in [1.82, 2.24) is 14.5 Å². The minimum Gasteiger partial charge on any atom is -0.374 e. The normalized spacial score (nSPS) is 24.1. The van der Waals surface area contributed by atoms with Crippen LogP contribution in [-0.4, -0.2) is 64.4 Å². The minimum absolute atomic E-state index is 0.0478. The second kappa shape index (κ2) is 8.21. The molecule has 2 bridgehead atoms. The molecule has 2 saturated heterocycles. The molecule has 0 spiro atoms. The first-order valence-corrected chi connectivity index (χ1v) is 10.8. The summed E-state index contributed by atoms with van der Waals surface area (Å²) in [5.74, 6) is -0.992. The fourth-order valence-corrected chi connectivity index (χ4v) is 4.78. The maximum absolute atomic E-state index is 13.9. The van der Waals surface area contributed by atoms with Crippen molar-refractivity contribution in [2.45, 2.75) is 49.9 Å². The molecular formula is C21H19F6N5O3. The fraction of sp³-hybridized carbons (Fsp3) is 0.524. The van der Waals surface area contributed by atoms with Crippen LogP contribution in [0.5, 0.6) is 0 Å². The molecule has 3 aliphatic rings. The van der Waals surface area contributed by atoms with Gasteiger partial charge >= 0.3 is 12.4 Å². The van der Waals surface area contributed by atoms with Crippen LogP contribution in [0.4, 0.5) is 38.1 Å². The molecule has 3 atom stereocenters. The van der Waals surface area contributed by atoms with Gasteiger partial charge in [0.1, 0.15) is 17.6 Å². The van der Waals surface area contributed by atoms with Crippen molar-refractivity contribution in [2.24, 2.45) is 0 Å². The topological polar surface area (TPSA) is 80.6 Å². The first-order chi connectivity index (χ1) is 16.4. The lowest BCUT2D eigenvalue weighted by molar-refractivity contribution is -0.152. The molecule has 8 nitrogen and oxygen atoms in total. The molecule has 188 valence electrons. The van der Waals surface area contributed by atoms with Crippen LogP contribution in [0.25, 0.3) is 0 Å². The molecule has 0 unspecified atom stereocenters. The van der Waals surface area contributed by atoms with E-state index in [2.05, 4.69) is 9.97 Å². The maximum atomic E-state index is 13.9. The quantitative estimate of drug-likeness (QED) is 0.469. The summed E-state index contributed by atoms with van der Waals surface area (Å²) in [6.45, 7) is -0.228. The van der Waals surface area contributed by atoms with E-state index < -0.39 is 48.4 Å². The fourth-order valence-electron chi connectivity index (χ4n) is 4.78. The number of fused-ring (bicyclic) bond motifs is 3. The monoisotopic (exact) mass is 503 g/mol. The third kappa shape index (κ3) is 4.34. The molecule has 2 aromatic heterocycles. The lowest BCUT2D eigenvalue weighted by Crippen LogP contribution is -2.54. The molecule has 5 heterocycles. The van der Waals surface area contributed by atoms with Gasteiger partial charge in [-0.1, -0.05) is 0 Å². The SMILES string of the molecule is O=C(CN1c2nc(N3C[C@@H]4C[C@H]3CO4)cc(=O)n2CC[C@H]1C(F)(F)F)c1ccc(C(F)(F)F)nc1. The van der Waals surface area contributed by atoms with Gasteiger partial charge in [0, 0.05) is 30.9 Å². The smallest absolute Gasteiger partial charge is 0.374 e. The van der Waals surface area contributed by atoms with Gasteiger partial charge < -0.3 is 14.5 Å². The predicted octanol–water partition coefficient (Wildman–Crippen LogP) is 2.66. The molecule has 0 saturated carbocycles. The van der Waals surface area contributed by atoms with Gasteiger partial charge in [0.25, 0.3) is 5.56 Å². The molecule has 2 fully saturated rings. The Bertz CT molecular complexity index is 1200. The Labute approximate surface area is 194 Å². The van der Waals surface area contributed by atoms with E-state index in [0.717, 1.165) is 10.6 Å². The Hall–Kier alpha value is -3.16. The zero-order chi connectivity index (χ0) is 25.1. The van der Waals surface area contributed by atoms with Gasteiger partial charge in [0.2, 0.25) is 5.95 Å². The Kier molecular flexibility index (Phi) is 5.53. The summed E-state index contributed by atoms with van der Waals surface area (Å²) in [5.41, 5.74) is -2.07.